The number of likely N-dealkylation sites (N-methyl/N-ethyl adjacent to an activating group) is 2. The molecule has 4 radical (unpaired) electrons. The van der Waals surface area contributed by atoms with Gasteiger partial charge >= 0.3 is 0 Å². The van der Waals surface area contributed by atoms with Gasteiger partial charge in [0, 0.05) is 26.7 Å². The van der Waals surface area contributed by atoms with Crippen LogP contribution in [0.5, 0.6) is 0 Å². The standard InChI is InChI=1S/C14H24B2N4O4/c1-3-19(13(23)6-15)9-11(21)8-18-4-5-20(14(24)7-16)10-12(22)17-2/h18H,3-10H2,1-2H3,(H,17,22). The third-order valence-electron chi connectivity index (χ3n) is 3.30. The molecule has 0 saturated heterocycles. The first-order valence-corrected chi connectivity index (χ1v) is 7.78. The minimum atomic E-state index is -0.350. The quantitative estimate of drug-likeness (QED) is 0.310. The fraction of sp³-hybridized carbons (Fsp3) is 0.714. The highest BCUT2D eigenvalue weighted by Gasteiger charge is 2.15. The van der Waals surface area contributed by atoms with Gasteiger partial charge < -0.3 is 20.4 Å². The molecule has 0 atom stereocenters. The lowest BCUT2D eigenvalue weighted by Gasteiger charge is -2.22. The van der Waals surface area contributed by atoms with Gasteiger partial charge in [0.25, 0.3) is 0 Å². The third-order valence-corrected chi connectivity index (χ3v) is 3.30. The lowest BCUT2D eigenvalue weighted by atomic mass is 10.0. The maximum absolute atomic E-state index is 11.8. The van der Waals surface area contributed by atoms with Crippen LogP contribution in [0.3, 0.4) is 0 Å². The Morgan fingerprint density at radius 3 is 2.04 bits per heavy atom. The predicted molar refractivity (Wildman–Crippen MR) is 91.9 cm³/mol. The van der Waals surface area contributed by atoms with Crippen molar-refractivity contribution < 1.29 is 19.2 Å². The molecule has 0 fully saturated rings. The molecular formula is C14H24B2N4O4. The first kappa shape index (κ1) is 22.2. The van der Waals surface area contributed by atoms with Gasteiger partial charge in [-0.05, 0) is 19.6 Å². The molecule has 2 N–H and O–H groups in total. The molecule has 0 aliphatic rings. The first-order chi connectivity index (χ1) is 11.4. The number of Topliss-reactive ketones (excluding diaryl/α,β-unsaturated/α-hetero) is 1. The fourth-order valence-electron chi connectivity index (χ4n) is 1.89. The molecule has 24 heavy (non-hydrogen) atoms. The summed E-state index contributed by atoms with van der Waals surface area (Å²) in [6, 6.07) is 0. The van der Waals surface area contributed by atoms with Gasteiger partial charge in [-0.1, -0.05) is 0 Å². The van der Waals surface area contributed by atoms with Gasteiger partial charge in [-0.2, -0.15) is 0 Å². The Morgan fingerprint density at radius 1 is 0.958 bits per heavy atom. The van der Waals surface area contributed by atoms with Crippen LogP contribution in [-0.4, -0.2) is 95.3 Å². The third kappa shape index (κ3) is 8.71. The minimum Gasteiger partial charge on any atom is -0.358 e. The number of carbonyl (C=O) groups excluding carboxylic acids is 4. The molecule has 0 unspecified atom stereocenters. The molecule has 0 spiro atoms. The number of rotatable bonds is 12. The van der Waals surface area contributed by atoms with Gasteiger partial charge in [-0.25, -0.2) is 0 Å². The molecular weight excluding hydrogens is 310 g/mol. The molecule has 0 aliphatic heterocycles. The van der Waals surface area contributed by atoms with E-state index in [1.165, 1.54) is 16.8 Å². The Labute approximate surface area is 145 Å². The second kappa shape index (κ2) is 12.6. The van der Waals surface area contributed by atoms with Gasteiger partial charge in [0.15, 0.2) is 5.78 Å². The molecule has 10 heteroatoms. The van der Waals surface area contributed by atoms with Crippen LogP contribution in [0.4, 0.5) is 0 Å². The predicted octanol–water partition coefficient (Wildman–Crippen LogP) is -2.26. The number of hydrogen-bond acceptors (Lipinski definition) is 5. The number of hydrogen-bond donors (Lipinski definition) is 2. The summed E-state index contributed by atoms with van der Waals surface area (Å²) in [7, 11) is 12.1. The lowest BCUT2D eigenvalue weighted by molar-refractivity contribution is -0.134. The van der Waals surface area contributed by atoms with Crippen LogP contribution in [0.15, 0.2) is 0 Å². The topological polar surface area (TPSA) is 98.8 Å². The molecule has 0 heterocycles. The second-order valence-electron chi connectivity index (χ2n) is 5.02. The fourth-order valence-corrected chi connectivity index (χ4v) is 1.89. The molecule has 0 aliphatic carbocycles. The summed E-state index contributed by atoms with van der Waals surface area (Å²) in [5, 5.41) is 5.32. The number of nitrogens with one attached hydrogen (secondary N) is 2. The molecule has 0 bridgehead atoms. The maximum Gasteiger partial charge on any atom is 0.239 e. The summed E-state index contributed by atoms with van der Waals surface area (Å²) in [5.41, 5.74) is 0. The Morgan fingerprint density at radius 2 is 1.54 bits per heavy atom. The van der Waals surface area contributed by atoms with Crippen molar-refractivity contribution in [2.45, 2.75) is 19.6 Å². The van der Waals surface area contributed by atoms with E-state index in [0.29, 0.717) is 13.1 Å². The summed E-state index contributed by atoms with van der Waals surface area (Å²) < 4.78 is 0. The van der Waals surface area contributed by atoms with Crippen molar-refractivity contribution in [1.29, 1.82) is 0 Å². The smallest absolute Gasteiger partial charge is 0.239 e. The van der Waals surface area contributed by atoms with E-state index in [4.69, 9.17) is 15.7 Å². The average Bonchev–Trinajstić information content (AvgIpc) is 2.60. The van der Waals surface area contributed by atoms with Gasteiger partial charge in [-0.3, -0.25) is 19.2 Å². The highest BCUT2D eigenvalue weighted by molar-refractivity contribution is 6.20. The molecule has 8 nitrogen and oxygen atoms in total. The number of ketones is 1. The van der Waals surface area contributed by atoms with Crippen molar-refractivity contribution >= 4 is 39.2 Å². The van der Waals surface area contributed by atoms with E-state index in [-0.39, 0.29) is 62.3 Å². The van der Waals surface area contributed by atoms with E-state index >= 15 is 0 Å². The van der Waals surface area contributed by atoms with E-state index in [2.05, 4.69) is 10.6 Å². The van der Waals surface area contributed by atoms with Crippen LogP contribution in [0, 0.1) is 0 Å². The van der Waals surface area contributed by atoms with Gasteiger partial charge in [0.1, 0.15) is 0 Å². The summed E-state index contributed by atoms with van der Waals surface area (Å²) in [6.45, 7) is 2.70. The van der Waals surface area contributed by atoms with Crippen LogP contribution in [0.1, 0.15) is 6.92 Å². The molecule has 0 saturated carbocycles. The highest BCUT2D eigenvalue weighted by atomic mass is 16.2. The van der Waals surface area contributed by atoms with Crippen molar-refractivity contribution in [3.05, 3.63) is 0 Å². The first-order valence-electron chi connectivity index (χ1n) is 7.78. The van der Waals surface area contributed by atoms with Crippen molar-refractivity contribution in [2.24, 2.45) is 0 Å². The largest absolute Gasteiger partial charge is 0.358 e. The van der Waals surface area contributed by atoms with Crippen LogP contribution in [0.2, 0.25) is 12.6 Å². The van der Waals surface area contributed by atoms with Crippen molar-refractivity contribution in [3.63, 3.8) is 0 Å². The summed E-state index contributed by atoms with van der Waals surface area (Å²) >= 11 is 0. The highest BCUT2D eigenvalue weighted by Crippen LogP contribution is 1.94. The SMILES string of the molecule is [B]CC(=O)N(CC)CC(=O)CNCCN(CC(=O)NC)C(=O)C[B]. The molecule has 3 amide bonds. The van der Waals surface area contributed by atoms with E-state index < -0.39 is 0 Å². The van der Waals surface area contributed by atoms with Gasteiger partial charge in [-0.15, -0.1) is 0 Å². The van der Waals surface area contributed by atoms with E-state index in [1.807, 2.05) is 0 Å². The minimum absolute atomic E-state index is 0.0107. The molecule has 0 aromatic heterocycles. The van der Waals surface area contributed by atoms with Gasteiger partial charge in [0.2, 0.25) is 17.7 Å². The Hall–Kier alpha value is -1.83. The molecule has 130 valence electrons. The van der Waals surface area contributed by atoms with E-state index in [1.54, 1.807) is 6.92 Å². The van der Waals surface area contributed by atoms with E-state index in [0.717, 1.165) is 0 Å². The van der Waals surface area contributed by atoms with Crippen LogP contribution in [0.25, 0.3) is 0 Å². The zero-order chi connectivity index (χ0) is 18.5. The van der Waals surface area contributed by atoms with Crippen molar-refractivity contribution in [3.8, 4) is 0 Å². The Kier molecular flexibility index (Phi) is 11.6. The average molecular weight is 334 g/mol. The number of amides is 3. The van der Waals surface area contributed by atoms with Crippen LogP contribution >= 0.6 is 0 Å². The number of carbonyl (C=O) groups is 4. The van der Waals surface area contributed by atoms with Crippen molar-refractivity contribution in [1.82, 2.24) is 20.4 Å². The summed E-state index contributed by atoms with van der Waals surface area (Å²) in [6.07, 6.45) is -0.327. The van der Waals surface area contributed by atoms with E-state index in [9.17, 15) is 19.2 Å². The molecule has 0 aromatic rings. The van der Waals surface area contributed by atoms with Crippen LogP contribution < -0.4 is 10.6 Å². The number of nitrogens with zero attached hydrogens (tertiary/aromatic N) is 2. The molecule has 0 rings (SSSR count). The Bertz CT molecular complexity index is 448. The summed E-state index contributed by atoms with van der Waals surface area (Å²) in [4.78, 5) is 49.0. The van der Waals surface area contributed by atoms with Crippen molar-refractivity contribution in [2.75, 3.05) is 46.3 Å². The maximum atomic E-state index is 11.8. The zero-order valence-corrected chi connectivity index (χ0v) is 14.3. The lowest BCUT2D eigenvalue weighted by Crippen LogP contribution is -2.44. The van der Waals surface area contributed by atoms with Crippen LogP contribution in [-0.2, 0) is 19.2 Å². The Balaban J connectivity index is 4.23. The molecule has 0 aromatic carbocycles. The second-order valence-corrected chi connectivity index (χ2v) is 5.02. The monoisotopic (exact) mass is 334 g/mol. The zero-order valence-electron chi connectivity index (χ0n) is 14.3. The summed E-state index contributed by atoms with van der Waals surface area (Å²) in [5.74, 6) is -1.10. The normalized spacial score (nSPS) is 10.1. The van der Waals surface area contributed by atoms with Gasteiger partial charge in [0.05, 0.1) is 35.3 Å².